The van der Waals surface area contributed by atoms with E-state index in [9.17, 15) is 0 Å². The maximum absolute atomic E-state index is 4.74. The third-order valence-electron chi connectivity index (χ3n) is 0.704. The average molecular weight is 114 g/mol. The Morgan fingerprint density at radius 1 is 1.25 bits per heavy atom. The molecule has 0 spiro atoms. The van der Waals surface area contributed by atoms with Crippen LogP contribution in [0, 0.1) is 5.41 Å². The van der Waals surface area contributed by atoms with E-state index in [4.69, 9.17) is 4.74 Å². The fourth-order valence-electron chi connectivity index (χ4n) is 0.272. The van der Waals surface area contributed by atoms with Crippen LogP contribution in [0.25, 0.3) is 0 Å². The van der Waals surface area contributed by atoms with Crippen LogP contribution in [-0.2, 0) is 4.74 Å². The highest BCUT2D eigenvalue weighted by Crippen LogP contribution is 2.13. The van der Waals surface area contributed by atoms with Gasteiger partial charge in [-0.1, -0.05) is 20.8 Å². The summed E-state index contributed by atoms with van der Waals surface area (Å²) in [5.74, 6) is 0. The van der Waals surface area contributed by atoms with Gasteiger partial charge < -0.3 is 4.74 Å². The first-order valence-corrected chi connectivity index (χ1v) is 2.77. The maximum Gasteiger partial charge on any atom is 0.0790 e. The zero-order valence-corrected chi connectivity index (χ0v) is 6.06. The topological polar surface area (TPSA) is 9.23 Å². The van der Waals surface area contributed by atoms with Crippen LogP contribution in [0.15, 0.2) is 12.3 Å². The molecule has 0 aliphatic rings. The van der Waals surface area contributed by atoms with Crippen molar-refractivity contribution in [3.8, 4) is 0 Å². The normalized spacial score (nSPS) is 12.5. The van der Waals surface area contributed by atoms with E-state index in [1.165, 1.54) is 0 Å². The van der Waals surface area contributed by atoms with Crippen molar-refractivity contribution in [1.29, 1.82) is 0 Å². The van der Waals surface area contributed by atoms with E-state index in [-0.39, 0.29) is 5.41 Å². The van der Waals surface area contributed by atoms with E-state index in [2.05, 4.69) is 20.8 Å². The minimum absolute atomic E-state index is 0.246. The molecule has 0 saturated heterocycles. The molecule has 0 unspecified atom stereocenters. The Kier molecular flexibility index (Phi) is 2.59. The third-order valence-corrected chi connectivity index (χ3v) is 0.704. The lowest BCUT2D eigenvalue weighted by atomic mass is 9.97. The molecule has 1 nitrogen and oxygen atoms in total. The zero-order valence-electron chi connectivity index (χ0n) is 6.06. The van der Waals surface area contributed by atoms with E-state index in [0.717, 1.165) is 0 Å². The van der Waals surface area contributed by atoms with Crippen LogP contribution < -0.4 is 0 Å². The second-order valence-electron chi connectivity index (χ2n) is 2.90. The molecule has 48 valence electrons. The SMILES string of the molecule is COC=CC(C)(C)C. The molecule has 0 aliphatic carbocycles. The summed E-state index contributed by atoms with van der Waals surface area (Å²) in [6.45, 7) is 6.38. The predicted molar refractivity (Wildman–Crippen MR) is 35.6 cm³/mol. The van der Waals surface area contributed by atoms with E-state index in [1.807, 2.05) is 6.08 Å². The van der Waals surface area contributed by atoms with Crippen molar-refractivity contribution in [2.24, 2.45) is 5.41 Å². The molecule has 0 saturated carbocycles. The Morgan fingerprint density at radius 3 is 1.88 bits per heavy atom. The van der Waals surface area contributed by atoms with Gasteiger partial charge in [-0.05, 0) is 11.5 Å². The summed E-state index contributed by atoms with van der Waals surface area (Å²) in [6, 6.07) is 0. The molecule has 0 bridgehead atoms. The lowest BCUT2D eigenvalue weighted by Gasteiger charge is -2.09. The highest BCUT2D eigenvalue weighted by atomic mass is 16.5. The summed E-state index contributed by atoms with van der Waals surface area (Å²) in [7, 11) is 1.66. The fraction of sp³-hybridized carbons (Fsp3) is 0.714. The van der Waals surface area contributed by atoms with Crippen molar-refractivity contribution >= 4 is 0 Å². The van der Waals surface area contributed by atoms with Crippen molar-refractivity contribution in [3.05, 3.63) is 12.3 Å². The quantitative estimate of drug-likeness (QED) is 0.475. The van der Waals surface area contributed by atoms with Crippen LogP contribution >= 0.6 is 0 Å². The van der Waals surface area contributed by atoms with Gasteiger partial charge in [-0.3, -0.25) is 0 Å². The summed E-state index contributed by atoms with van der Waals surface area (Å²) in [5.41, 5.74) is 0.246. The van der Waals surface area contributed by atoms with Crippen molar-refractivity contribution in [2.75, 3.05) is 7.11 Å². The van der Waals surface area contributed by atoms with E-state index >= 15 is 0 Å². The Balaban J connectivity index is 3.52. The van der Waals surface area contributed by atoms with Gasteiger partial charge in [0.15, 0.2) is 0 Å². The Labute approximate surface area is 51.4 Å². The summed E-state index contributed by atoms with van der Waals surface area (Å²) in [6.07, 6.45) is 3.73. The number of ether oxygens (including phenoxy) is 1. The van der Waals surface area contributed by atoms with Gasteiger partial charge in [0.05, 0.1) is 13.4 Å². The number of methoxy groups -OCH3 is 1. The molecule has 0 N–H and O–H groups in total. The molecule has 0 atom stereocenters. The fourth-order valence-corrected chi connectivity index (χ4v) is 0.272. The lowest BCUT2D eigenvalue weighted by Crippen LogP contribution is -1.98. The molecule has 0 aromatic rings. The van der Waals surface area contributed by atoms with Gasteiger partial charge in [0, 0.05) is 0 Å². The summed E-state index contributed by atoms with van der Waals surface area (Å²) in [4.78, 5) is 0. The summed E-state index contributed by atoms with van der Waals surface area (Å²) >= 11 is 0. The Bertz CT molecular complexity index is 76.9. The second-order valence-corrected chi connectivity index (χ2v) is 2.90. The maximum atomic E-state index is 4.74. The zero-order chi connectivity index (χ0) is 6.62. The van der Waals surface area contributed by atoms with Crippen molar-refractivity contribution in [3.63, 3.8) is 0 Å². The molecule has 0 aromatic carbocycles. The van der Waals surface area contributed by atoms with Crippen LogP contribution in [-0.4, -0.2) is 7.11 Å². The largest absolute Gasteiger partial charge is 0.505 e. The number of hydrogen-bond acceptors (Lipinski definition) is 1. The third kappa shape index (κ3) is 5.54. The molecule has 0 radical (unpaired) electrons. The highest BCUT2D eigenvalue weighted by Gasteiger charge is 2.02. The van der Waals surface area contributed by atoms with E-state index in [0.29, 0.717) is 0 Å². The first-order chi connectivity index (χ1) is 3.56. The van der Waals surface area contributed by atoms with Gasteiger partial charge in [-0.25, -0.2) is 0 Å². The molecule has 0 rings (SSSR count). The Hall–Kier alpha value is -0.460. The molecule has 0 heterocycles. The number of rotatable bonds is 1. The van der Waals surface area contributed by atoms with Crippen LogP contribution in [0.4, 0.5) is 0 Å². The summed E-state index contributed by atoms with van der Waals surface area (Å²) in [5, 5.41) is 0. The van der Waals surface area contributed by atoms with E-state index < -0.39 is 0 Å². The van der Waals surface area contributed by atoms with Gasteiger partial charge >= 0.3 is 0 Å². The van der Waals surface area contributed by atoms with Gasteiger partial charge in [0.1, 0.15) is 0 Å². The minimum atomic E-state index is 0.246. The van der Waals surface area contributed by atoms with Crippen LogP contribution in [0.2, 0.25) is 0 Å². The average Bonchev–Trinajstić information content (AvgIpc) is 1.59. The van der Waals surface area contributed by atoms with Crippen molar-refractivity contribution in [1.82, 2.24) is 0 Å². The van der Waals surface area contributed by atoms with Crippen LogP contribution in [0.3, 0.4) is 0 Å². The first-order valence-electron chi connectivity index (χ1n) is 2.77. The number of hydrogen-bond donors (Lipinski definition) is 0. The molecule has 0 fully saturated rings. The second kappa shape index (κ2) is 2.75. The highest BCUT2D eigenvalue weighted by molar-refractivity contribution is 4.86. The van der Waals surface area contributed by atoms with Gasteiger partial charge in [0.2, 0.25) is 0 Å². The molecule has 8 heavy (non-hydrogen) atoms. The molecule has 0 amide bonds. The van der Waals surface area contributed by atoms with Crippen molar-refractivity contribution < 1.29 is 4.74 Å². The molecule has 1 heteroatoms. The molecule has 0 aliphatic heterocycles. The smallest absolute Gasteiger partial charge is 0.0790 e. The Morgan fingerprint density at radius 2 is 1.75 bits per heavy atom. The molecular weight excluding hydrogens is 100 g/mol. The van der Waals surface area contributed by atoms with Crippen molar-refractivity contribution in [2.45, 2.75) is 20.8 Å². The standard InChI is InChI=1S/C7H14O/c1-7(2,3)5-6-8-4/h5-6H,1-4H3. The van der Waals surface area contributed by atoms with Gasteiger partial charge in [-0.15, -0.1) is 0 Å². The molecule has 0 aromatic heterocycles. The van der Waals surface area contributed by atoms with Gasteiger partial charge in [-0.2, -0.15) is 0 Å². The van der Waals surface area contributed by atoms with Crippen LogP contribution in [0.5, 0.6) is 0 Å². The molecular formula is C7H14O. The van der Waals surface area contributed by atoms with Crippen LogP contribution in [0.1, 0.15) is 20.8 Å². The summed E-state index contributed by atoms with van der Waals surface area (Å²) < 4.78 is 4.74. The first kappa shape index (κ1) is 7.54. The van der Waals surface area contributed by atoms with E-state index in [1.54, 1.807) is 13.4 Å². The monoisotopic (exact) mass is 114 g/mol. The number of allylic oxidation sites excluding steroid dienone is 1. The lowest BCUT2D eigenvalue weighted by molar-refractivity contribution is 0.329. The van der Waals surface area contributed by atoms with Gasteiger partial charge in [0.25, 0.3) is 0 Å². The predicted octanol–water partition coefficient (Wildman–Crippen LogP) is 2.19. The minimum Gasteiger partial charge on any atom is -0.505 e.